The standard InChI is InChI=1S/C15H10F2N2O/c16-9-5-10(17)7-12(6-9)20-15-3-4-19-14-8-11(18)1-2-13(14)15/h1-8H,18H2. The number of hydrogen-bond donors (Lipinski definition) is 1. The molecule has 0 spiro atoms. The van der Waals surface area contributed by atoms with Crippen LogP contribution in [0, 0.1) is 11.6 Å². The number of aromatic nitrogens is 1. The Kier molecular flexibility index (Phi) is 2.95. The van der Waals surface area contributed by atoms with Crippen LogP contribution in [-0.2, 0) is 0 Å². The lowest BCUT2D eigenvalue weighted by Crippen LogP contribution is -1.91. The van der Waals surface area contributed by atoms with Gasteiger partial charge < -0.3 is 10.5 Å². The quantitative estimate of drug-likeness (QED) is 0.720. The highest BCUT2D eigenvalue weighted by atomic mass is 19.1. The number of halogens is 2. The molecule has 1 aromatic heterocycles. The van der Waals surface area contributed by atoms with Crippen molar-refractivity contribution < 1.29 is 13.5 Å². The fourth-order valence-corrected chi connectivity index (χ4v) is 1.94. The Morgan fingerprint density at radius 1 is 0.950 bits per heavy atom. The molecule has 2 N–H and O–H groups in total. The zero-order valence-electron chi connectivity index (χ0n) is 10.3. The summed E-state index contributed by atoms with van der Waals surface area (Å²) < 4.78 is 31.8. The first-order chi connectivity index (χ1) is 9.61. The molecule has 100 valence electrons. The molecule has 0 aliphatic heterocycles. The molecule has 1 heterocycles. The van der Waals surface area contributed by atoms with Crippen LogP contribution in [0.15, 0.2) is 48.7 Å². The van der Waals surface area contributed by atoms with E-state index in [0.717, 1.165) is 18.2 Å². The highest BCUT2D eigenvalue weighted by Gasteiger charge is 2.07. The van der Waals surface area contributed by atoms with E-state index in [2.05, 4.69) is 4.98 Å². The molecule has 0 atom stereocenters. The Balaban J connectivity index is 2.06. The second kappa shape index (κ2) is 4.77. The van der Waals surface area contributed by atoms with Gasteiger partial charge in [-0.2, -0.15) is 0 Å². The second-order valence-corrected chi connectivity index (χ2v) is 4.29. The summed E-state index contributed by atoms with van der Waals surface area (Å²) in [5.41, 5.74) is 6.92. The number of nitrogens with zero attached hydrogens (tertiary/aromatic N) is 1. The zero-order chi connectivity index (χ0) is 14.1. The van der Waals surface area contributed by atoms with Crippen molar-refractivity contribution in [3.05, 3.63) is 60.3 Å². The van der Waals surface area contributed by atoms with Crippen molar-refractivity contribution in [3.8, 4) is 11.5 Å². The number of ether oxygens (including phenoxy) is 1. The van der Waals surface area contributed by atoms with E-state index in [9.17, 15) is 8.78 Å². The van der Waals surface area contributed by atoms with E-state index in [0.29, 0.717) is 22.3 Å². The van der Waals surface area contributed by atoms with Gasteiger partial charge in [0.25, 0.3) is 0 Å². The predicted octanol–water partition coefficient (Wildman–Crippen LogP) is 3.89. The molecule has 2 aromatic carbocycles. The Morgan fingerprint density at radius 2 is 1.70 bits per heavy atom. The molecule has 0 radical (unpaired) electrons. The molecular formula is C15H10F2N2O. The smallest absolute Gasteiger partial charge is 0.138 e. The SMILES string of the molecule is Nc1ccc2c(Oc3cc(F)cc(F)c3)ccnc2c1. The van der Waals surface area contributed by atoms with Gasteiger partial charge in [-0.15, -0.1) is 0 Å². The number of hydrogen-bond acceptors (Lipinski definition) is 3. The number of nitrogen functional groups attached to an aromatic ring is 1. The average molecular weight is 272 g/mol. The van der Waals surface area contributed by atoms with Crippen molar-refractivity contribution in [2.45, 2.75) is 0 Å². The van der Waals surface area contributed by atoms with Gasteiger partial charge in [-0.05, 0) is 24.3 Å². The monoisotopic (exact) mass is 272 g/mol. The lowest BCUT2D eigenvalue weighted by Gasteiger charge is -2.09. The van der Waals surface area contributed by atoms with E-state index in [1.807, 2.05) is 0 Å². The third-order valence-electron chi connectivity index (χ3n) is 2.79. The third-order valence-corrected chi connectivity index (χ3v) is 2.79. The van der Waals surface area contributed by atoms with Gasteiger partial charge in [0, 0.05) is 35.5 Å². The van der Waals surface area contributed by atoms with Crippen molar-refractivity contribution in [1.29, 1.82) is 0 Å². The van der Waals surface area contributed by atoms with Crippen LogP contribution in [0.4, 0.5) is 14.5 Å². The molecule has 3 rings (SSSR count). The third kappa shape index (κ3) is 2.38. The normalized spacial score (nSPS) is 10.7. The summed E-state index contributed by atoms with van der Waals surface area (Å²) in [4.78, 5) is 4.17. The van der Waals surface area contributed by atoms with Crippen molar-refractivity contribution in [2.75, 3.05) is 5.73 Å². The predicted molar refractivity (Wildman–Crippen MR) is 72.6 cm³/mol. The highest BCUT2D eigenvalue weighted by molar-refractivity contribution is 5.87. The maximum Gasteiger partial charge on any atom is 0.138 e. The first-order valence-corrected chi connectivity index (χ1v) is 5.90. The molecule has 20 heavy (non-hydrogen) atoms. The van der Waals surface area contributed by atoms with E-state index in [4.69, 9.17) is 10.5 Å². The maximum absolute atomic E-state index is 13.1. The average Bonchev–Trinajstić information content (AvgIpc) is 2.37. The minimum atomic E-state index is -0.692. The van der Waals surface area contributed by atoms with Gasteiger partial charge in [-0.3, -0.25) is 4.98 Å². The summed E-state index contributed by atoms with van der Waals surface area (Å²) in [5, 5.41) is 0.714. The van der Waals surface area contributed by atoms with Crippen LogP contribution >= 0.6 is 0 Å². The van der Waals surface area contributed by atoms with Crippen LogP contribution < -0.4 is 10.5 Å². The van der Waals surface area contributed by atoms with E-state index in [1.54, 1.807) is 30.5 Å². The van der Waals surface area contributed by atoms with Gasteiger partial charge in [0.05, 0.1) is 5.52 Å². The Bertz CT molecular complexity index is 770. The van der Waals surface area contributed by atoms with E-state index in [1.165, 1.54) is 0 Å². The van der Waals surface area contributed by atoms with Crippen LogP contribution in [0.25, 0.3) is 10.9 Å². The summed E-state index contributed by atoms with van der Waals surface area (Å²) in [7, 11) is 0. The maximum atomic E-state index is 13.1. The Hall–Kier alpha value is -2.69. The van der Waals surface area contributed by atoms with Gasteiger partial charge in [0.1, 0.15) is 23.1 Å². The van der Waals surface area contributed by atoms with E-state index in [-0.39, 0.29) is 5.75 Å². The number of nitrogens with two attached hydrogens (primary N) is 1. The summed E-state index contributed by atoms with van der Waals surface area (Å²) in [5.74, 6) is -0.836. The Labute approximate surface area is 113 Å². The molecule has 0 aliphatic carbocycles. The van der Waals surface area contributed by atoms with Crippen LogP contribution in [0.5, 0.6) is 11.5 Å². The molecule has 0 saturated carbocycles. The molecule has 5 heteroatoms. The molecule has 3 aromatic rings. The first-order valence-electron chi connectivity index (χ1n) is 5.90. The van der Waals surface area contributed by atoms with Crippen LogP contribution in [0.3, 0.4) is 0 Å². The largest absolute Gasteiger partial charge is 0.456 e. The second-order valence-electron chi connectivity index (χ2n) is 4.29. The molecule has 0 bridgehead atoms. The van der Waals surface area contributed by atoms with Gasteiger partial charge in [-0.1, -0.05) is 0 Å². The van der Waals surface area contributed by atoms with Crippen LogP contribution in [0.1, 0.15) is 0 Å². The van der Waals surface area contributed by atoms with E-state index < -0.39 is 11.6 Å². The van der Waals surface area contributed by atoms with Crippen molar-refractivity contribution >= 4 is 16.6 Å². The summed E-state index contributed by atoms with van der Waals surface area (Å²) in [6, 6.07) is 9.82. The number of pyridine rings is 1. The van der Waals surface area contributed by atoms with Crippen molar-refractivity contribution in [1.82, 2.24) is 4.98 Å². The van der Waals surface area contributed by atoms with Gasteiger partial charge in [0.2, 0.25) is 0 Å². The fourth-order valence-electron chi connectivity index (χ4n) is 1.94. The first kappa shape index (κ1) is 12.3. The van der Waals surface area contributed by atoms with Gasteiger partial charge in [-0.25, -0.2) is 8.78 Å². The number of anilines is 1. The van der Waals surface area contributed by atoms with E-state index >= 15 is 0 Å². The van der Waals surface area contributed by atoms with Gasteiger partial charge >= 0.3 is 0 Å². The lowest BCUT2D eigenvalue weighted by atomic mass is 10.2. The molecule has 0 fully saturated rings. The number of benzene rings is 2. The molecular weight excluding hydrogens is 262 g/mol. The minimum Gasteiger partial charge on any atom is -0.456 e. The zero-order valence-corrected chi connectivity index (χ0v) is 10.3. The highest BCUT2D eigenvalue weighted by Crippen LogP contribution is 2.30. The summed E-state index contributed by atoms with van der Waals surface area (Å²) in [6.07, 6.45) is 1.55. The summed E-state index contributed by atoms with van der Waals surface area (Å²) in [6.45, 7) is 0. The van der Waals surface area contributed by atoms with Crippen molar-refractivity contribution in [3.63, 3.8) is 0 Å². The minimum absolute atomic E-state index is 0.0897. The number of rotatable bonds is 2. The molecule has 0 aliphatic rings. The lowest BCUT2D eigenvalue weighted by molar-refractivity contribution is 0.472. The topological polar surface area (TPSA) is 48.1 Å². The van der Waals surface area contributed by atoms with Crippen molar-refractivity contribution in [2.24, 2.45) is 0 Å². The number of fused-ring (bicyclic) bond motifs is 1. The molecule has 0 unspecified atom stereocenters. The fraction of sp³-hybridized carbons (Fsp3) is 0. The molecule has 0 saturated heterocycles. The molecule has 0 amide bonds. The summed E-state index contributed by atoms with van der Waals surface area (Å²) >= 11 is 0. The van der Waals surface area contributed by atoms with Gasteiger partial charge in [0.15, 0.2) is 0 Å². The molecule has 3 nitrogen and oxygen atoms in total. The Morgan fingerprint density at radius 3 is 2.45 bits per heavy atom. The van der Waals surface area contributed by atoms with Crippen LogP contribution in [-0.4, -0.2) is 4.98 Å². The van der Waals surface area contributed by atoms with Crippen LogP contribution in [0.2, 0.25) is 0 Å².